The number of carbonyl (C=O) groups excluding carboxylic acids is 1. The molecular formula is C22H22F2N2O3. The molecule has 0 saturated carbocycles. The molecule has 0 unspecified atom stereocenters. The van der Waals surface area contributed by atoms with Crippen LogP contribution in [0.4, 0.5) is 8.78 Å². The van der Waals surface area contributed by atoms with E-state index in [1.165, 1.54) is 25.3 Å². The third-order valence-corrected chi connectivity index (χ3v) is 4.60. The number of benzene rings is 2. The van der Waals surface area contributed by atoms with Crippen LogP contribution in [0.15, 0.2) is 47.1 Å². The Hall–Kier alpha value is -3.22. The Kier molecular flexibility index (Phi) is 5.96. The normalized spacial score (nSPS) is 12.1. The van der Waals surface area contributed by atoms with Gasteiger partial charge in [-0.15, -0.1) is 0 Å². The zero-order valence-electron chi connectivity index (χ0n) is 16.6. The van der Waals surface area contributed by atoms with Crippen molar-refractivity contribution >= 4 is 5.91 Å². The molecule has 3 aromatic rings. The zero-order chi connectivity index (χ0) is 21.1. The molecule has 1 heterocycles. The summed E-state index contributed by atoms with van der Waals surface area (Å²) >= 11 is 0. The molecule has 0 saturated heterocycles. The molecule has 0 aliphatic rings. The molecule has 152 valence electrons. The molecule has 0 radical (unpaired) electrons. The molecule has 0 aliphatic heterocycles. The fourth-order valence-corrected chi connectivity index (χ4v) is 2.82. The molecule has 0 spiro atoms. The molecule has 1 amide bonds. The molecule has 1 aromatic heterocycles. The van der Waals surface area contributed by atoms with Crippen molar-refractivity contribution in [3.05, 3.63) is 76.7 Å². The zero-order valence-corrected chi connectivity index (χ0v) is 16.6. The Labute approximate surface area is 167 Å². The number of carbonyl (C=O) groups is 1. The summed E-state index contributed by atoms with van der Waals surface area (Å²) in [7, 11) is 0. The van der Waals surface area contributed by atoms with E-state index in [4.69, 9.17) is 9.15 Å². The first-order chi connectivity index (χ1) is 13.8. The van der Waals surface area contributed by atoms with Crippen molar-refractivity contribution in [2.75, 3.05) is 0 Å². The maximum atomic E-state index is 13.8. The smallest absolute Gasteiger partial charge is 0.399 e. The molecule has 29 heavy (non-hydrogen) atoms. The molecular weight excluding hydrogens is 378 g/mol. The standard InChI is InChI=1S/C22H22F2N2O3/c1-12(2)16-7-5-6-8-20(16)29-22-26-19(11-28-22)21(27)25-14(4)15-9-17(23)13(3)18(24)10-15/h5-12,14H,1-4H3,(H,25,27)/t14-/m1/s1. The van der Waals surface area contributed by atoms with Crippen LogP contribution >= 0.6 is 0 Å². The van der Waals surface area contributed by atoms with Gasteiger partial charge in [-0.1, -0.05) is 32.0 Å². The fraction of sp³-hybridized carbons (Fsp3) is 0.273. The highest BCUT2D eigenvalue weighted by Gasteiger charge is 2.19. The van der Waals surface area contributed by atoms with E-state index in [1.807, 2.05) is 32.0 Å². The van der Waals surface area contributed by atoms with Crippen molar-refractivity contribution < 1.29 is 22.7 Å². The number of oxazole rings is 1. The first-order valence-corrected chi connectivity index (χ1v) is 9.25. The van der Waals surface area contributed by atoms with Gasteiger partial charge in [0.1, 0.15) is 23.6 Å². The Morgan fingerprint density at radius 1 is 1.14 bits per heavy atom. The van der Waals surface area contributed by atoms with Crippen molar-refractivity contribution in [3.63, 3.8) is 0 Å². The van der Waals surface area contributed by atoms with Crippen LogP contribution in [0.5, 0.6) is 11.8 Å². The van der Waals surface area contributed by atoms with Gasteiger partial charge < -0.3 is 14.5 Å². The van der Waals surface area contributed by atoms with Crippen LogP contribution < -0.4 is 10.1 Å². The van der Waals surface area contributed by atoms with Crippen LogP contribution in [-0.2, 0) is 0 Å². The largest absolute Gasteiger partial charge is 0.416 e. The maximum Gasteiger partial charge on any atom is 0.399 e. The highest BCUT2D eigenvalue weighted by atomic mass is 19.1. The predicted molar refractivity (Wildman–Crippen MR) is 104 cm³/mol. The van der Waals surface area contributed by atoms with Gasteiger partial charge in [-0.2, -0.15) is 4.98 Å². The van der Waals surface area contributed by atoms with Crippen LogP contribution in [-0.4, -0.2) is 10.9 Å². The van der Waals surface area contributed by atoms with Gasteiger partial charge in [0.15, 0.2) is 5.69 Å². The monoisotopic (exact) mass is 400 g/mol. The number of hydrogen-bond donors (Lipinski definition) is 1. The van der Waals surface area contributed by atoms with Gasteiger partial charge in [-0.25, -0.2) is 8.78 Å². The number of nitrogens with zero attached hydrogens (tertiary/aromatic N) is 1. The van der Waals surface area contributed by atoms with E-state index >= 15 is 0 Å². The molecule has 0 aliphatic carbocycles. The van der Waals surface area contributed by atoms with Crippen LogP contribution in [0.3, 0.4) is 0 Å². The van der Waals surface area contributed by atoms with E-state index in [0.717, 1.165) is 5.56 Å². The lowest BCUT2D eigenvalue weighted by molar-refractivity contribution is 0.0934. The van der Waals surface area contributed by atoms with E-state index in [9.17, 15) is 13.6 Å². The number of amides is 1. The number of nitrogens with one attached hydrogen (secondary N) is 1. The van der Waals surface area contributed by atoms with Gasteiger partial charge in [-0.3, -0.25) is 4.79 Å². The summed E-state index contributed by atoms with van der Waals surface area (Å²) in [5.74, 6) is -1.05. The van der Waals surface area contributed by atoms with E-state index < -0.39 is 23.6 Å². The minimum atomic E-state index is -0.665. The summed E-state index contributed by atoms with van der Waals surface area (Å²) < 4.78 is 38.5. The lowest BCUT2D eigenvalue weighted by Crippen LogP contribution is -2.27. The summed E-state index contributed by atoms with van der Waals surface area (Å²) in [4.78, 5) is 16.5. The Balaban J connectivity index is 1.71. The number of rotatable bonds is 6. The van der Waals surface area contributed by atoms with Gasteiger partial charge in [-0.05, 0) is 49.1 Å². The summed E-state index contributed by atoms with van der Waals surface area (Å²) in [6.07, 6.45) is 1.11. The van der Waals surface area contributed by atoms with Crippen molar-refractivity contribution in [1.82, 2.24) is 10.3 Å². The number of para-hydroxylation sites is 1. The lowest BCUT2D eigenvalue weighted by Gasteiger charge is -2.14. The summed E-state index contributed by atoms with van der Waals surface area (Å²) in [6, 6.07) is 9.25. The molecule has 3 rings (SSSR count). The highest BCUT2D eigenvalue weighted by molar-refractivity contribution is 5.92. The minimum absolute atomic E-state index is 0.00179. The second-order valence-electron chi connectivity index (χ2n) is 7.10. The molecule has 5 nitrogen and oxygen atoms in total. The van der Waals surface area contributed by atoms with Crippen molar-refractivity contribution in [3.8, 4) is 11.8 Å². The molecule has 1 N–H and O–H groups in total. The first-order valence-electron chi connectivity index (χ1n) is 9.25. The number of hydrogen-bond acceptors (Lipinski definition) is 4. The number of aromatic nitrogens is 1. The summed E-state index contributed by atoms with van der Waals surface area (Å²) in [5, 5.41) is 2.64. The van der Waals surface area contributed by atoms with Crippen molar-refractivity contribution in [2.24, 2.45) is 0 Å². The maximum absolute atomic E-state index is 13.8. The Morgan fingerprint density at radius 3 is 2.45 bits per heavy atom. The Bertz CT molecular complexity index is 1010. The summed E-state index contributed by atoms with van der Waals surface area (Å²) in [5.41, 5.74) is 1.23. The van der Waals surface area contributed by atoms with Crippen LogP contribution in [0.2, 0.25) is 0 Å². The van der Waals surface area contributed by atoms with Gasteiger partial charge in [0.2, 0.25) is 0 Å². The second-order valence-corrected chi connectivity index (χ2v) is 7.10. The van der Waals surface area contributed by atoms with Crippen LogP contribution in [0, 0.1) is 18.6 Å². The third kappa shape index (κ3) is 4.62. The molecule has 1 atom stereocenters. The van der Waals surface area contributed by atoms with Gasteiger partial charge in [0.25, 0.3) is 5.91 Å². The van der Waals surface area contributed by atoms with E-state index in [0.29, 0.717) is 11.3 Å². The minimum Gasteiger partial charge on any atom is -0.416 e. The molecule has 0 bridgehead atoms. The van der Waals surface area contributed by atoms with Crippen molar-refractivity contribution in [1.29, 1.82) is 0 Å². The average Bonchev–Trinajstić information content (AvgIpc) is 3.14. The van der Waals surface area contributed by atoms with Crippen LogP contribution in [0.25, 0.3) is 0 Å². The van der Waals surface area contributed by atoms with Gasteiger partial charge >= 0.3 is 6.08 Å². The van der Waals surface area contributed by atoms with E-state index in [1.54, 1.807) is 13.0 Å². The van der Waals surface area contributed by atoms with Crippen molar-refractivity contribution in [2.45, 2.75) is 39.7 Å². The fourth-order valence-electron chi connectivity index (χ4n) is 2.82. The third-order valence-electron chi connectivity index (χ3n) is 4.60. The van der Waals surface area contributed by atoms with Gasteiger partial charge in [0, 0.05) is 5.56 Å². The average molecular weight is 400 g/mol. The summed E-state index contributed by atoms with van der Waals surface area (Å²) in [6.45, 7) is 7.05. The highest BCUT2D eigenvalue weighted by Crippen LogP contribution is 2.30. The number of halogens is 2. The quantitative estimate of drug-likeness (QED) is 0.579. The molecule has 0 fully saturated rings. The topological polar surface area (TPSA) is 64.4 Å². The van der Waals surface area contributed by atoms with Crippen LogP contribution in [0.1, 0.15) is 59.9 Å². The lowest BCUT2D eigenvalue weighted by atomic mass is 10.0. The van der Waals surface area contributed by atoms with E-state index in [2.05, 4.69) is 10.3 Å². The van der Waals surface area contributed by atoms with E-state index in [-0.39, 0.29) is 23.3 Å². The number of ether oxygens (including phenoxy) is 1. The molecule has 7 heteroatoms. The predicted octanol–water partition coefficient (Wildman–Crippen LogP) is 5.67. The van der Waals surface area contributed by atoms with Gasteiger partial charge in [0.05, 0.1) is 6.04 Å². The first kappa shape index (κ1) is 20.5. The second kappa shape index (κ2) is 8.43. The SMILES string of the molecule is Cc1c(F)cc([C@@H](C)NC(=O)c2coc(Oc3ccccc3C(C)C)n2)cc1F. The molecule has 2 aromatic carbocycles. The Morgan fingerprint density at radius 2 is 1.79 bits per heavy atom.